The molecule has 2 aromatic rings. The molecule has 3 nitrogen and oxygen atoms in total. The second-order valence-electron chi connectivity index (χ2n) is 8.72. The van der Waals surface area contributed by atoms with Gasteiger partial charge in [-0.05, 0) is 34.6 Å². The van der Waals surface area contributed by atoms with Crippen LogP contribution in [0.4, 0.5) is 0 Å². The molecule has 2 aromatic carbocycles. The summed E-state index contributed by atoms with van der Waals surface area (Å²) in [5.41, 5.74) is 2.46. The van der Waals surface area contributed by atoms with Gasteiger partial charge in [-0.3, -0.25) is 0 Å². The number of benzene rings is 2. The predicted octanol–water partition coefficient (Wildman–Crippen LogP) is 5.91. The van der Waals surface area contributed by atoms with Crippen molar-refractivity contribution in [3.8, 4) is 11.5 Å². The molecular formula is C24H30O3. The second kappa shape index (κ2) is 7.99. The van der Waals surface area contributed by atoms with Crippen molar-refractivity contribution < 1.29 is 14.3 Å². The van der Waals surface area contributed by atoms with Gasteiger partial charge in [-0.1, -0.05) is 71.9 Å². The molecule has 0 saturated carbocycles. The number of hydrogen-bond acceptors (Lipinski definition) is 3. The molecule has 0 aliphatic carbocycles. The summed E-state index contributed by atoms with van der Waals surface area (Å²) >= 11 is 0. The van der Waals surface area contributed by atoms with E-state index >= 15 is 0 Å². The Kier molecular flexibility index (Phi) is 6.15. The molecule has 0 unspecified atom stereocenters. The minimum Gasteiger partial charge on any atom is -0.497 e. The molecule has 0 aliphatic heterocycles. The van der Waals surface area contributed by atoms with Crippen LogP contribution in [0.3, 0.4) is 0 Å². The second-order valence-corrected chi connectivity index (χ2v) is 8.72. The number of carbonyl (C=O) groups is 1. The predicted molar refractivity (Wildman–Crippen MR) is 112 cm³/mol. The van der Waals surface area contributed by atoms with Crippen LogP contribution in [-0.4, -0.2) is 13.1 Å². The highest BCUT2D eigenvalue weighted by Crippen LogP contribution is 2.42. The Bertz CT molecular complexity index is 784. The van der Waals surface area contributed by atoms with Crippen LogP contribution in [0.25, 0.3) is 6.08 Å². The average Bonchev–Trinajstić information content (AvgIpc) is 2.59. The molecule has 0 amide bonds. The largest absolute Gasteiger partial charge is 0.497 e. The first-order valence-electron chi connectivity index (χ1n) is 9.20. The summed E-state index contributed by atoms with van der Waals surface area (Å²) in [7, 11) is 1.66. The molecule has 0 heterocycles. The van der Waals surface area contributed by atoms with E-state index in [1.54, 1.807) is 13.2 Å². The summed E-state index contributed by atoms with van der Waals surface area (Å²) in [6.07, 6.45) is 3.23. The van der Waals surface area contributed by atoms with Crippen molar-refractivity contribution in [1.82, 2.24) is 0 Å². The lowest BCUT2D eigenvalue weighted by Crippen LogP contribution is -2.21. The number of rotatable bonds is 4. The van der Waals surface area contributed by atoms with Crippen molar-refractivity contribution in [2.45, 2.75) is 52.4 Å². The van der Waals surface area contributed by atoms with E-state index in [2.05, 4.69) is 41.5 Å². The molecule has 0 radical (unpaired) electrons. The molecule has 0 aliphatic rings. The SMILES string of the molecule is COc1cc(C(C)(C)C)c(OC(=O)/C=C/c2ccccc2)c(C(C)(C)C)c1. The smallest absolute Gasteiger partial charge is 0.336 e. The highest BCUT2D eigenvalue weighted by molar-refractivity contribution is 5.89. The first-order chi connectivity index (χ1) is 12.5. The topological polar surface area (TPSA) is 35.5 Å². The van der Waals surface area contributed by atoms with E-state index in [1.165, 1.54) is 6.08 Å². The maximum atomic E-state index is 12.6. The lowest BCUT2D eigenvalue weighted by Gasteiger charge is -2.29. The van der Waals surface area contributed by atoms with E-state index < -0.39 is 0 Å². The molecule has 0 N–H and O–H groups in total. The van der Waals surface area contributed by atoms with Gasteiger partial charge in [-0.15, -0.1) is 0 Å². The van der Waals surface area contributed by atoms with Gasteiger partial charge >= 0.3 is 5.97 Å². The van der Waals surface area contributed by atoms with Gasteiger partial charge in [-0.2, -0.15) is 0 Å². The maximum absolute atomic E-state index is 12.6. The molecule has 0 spiro atoms. The van der Waals surface area contributed by atoms with E-state index in [1.807, 2.05) is 42.5 Å². The monoisotopic (exact) mass is 366 g/mol. The van der Waals surface area contributed by atoms with Crippen molar-refractivity contribution in [2.75, 3.05) is 7.11 Å². The van der Waals surface area contributed by atoms with Gasteiger partial charge in [0.25, 0.3) is 0 Å². The fourth-order valence-electron chi connectivity index (χ4n) is 2.81. The highest BCUT2D eigenvalue weighted by atomic mass is 16.5. The van der Waals surface area contributed by atoms with E-state index in [-0.39, 0.29) is 16.8 Å². The van der Waals surface area contributed by atoms with E-state index in [0.29, 0.717) is 5.75 Å². The van der Waals surface area contributed by atoms with Crippen LogP contribution in [0.5, 0.6) is 11.5 Å². The standard InChI is InChI=1S/C24H30O3/c1-23(2,3)19-15-18(26-7)16-20(24(4,5)6)22(19)27-21(25)14-13-17-11-9-8-10-12-17/h8-16H,1-7H3/b14-13+. The van der Waals surface area contributed by atoms with Crippen LogP contribution in [0, 0.1) is 0 Å². The number of carbonyl (C=O) groups excluding carboxylic acids is 1. The third kappa shape index (κ3) is 5.46. The summed E-state index contributed by atoms with van der Waals surface area (Å²) in [5, 5.41) is 0. The van der Waals surface area contributed by atoms with Crippen molar-refractivity contribution in [3.05, 3.63) is 65.2 Å². The van der Waals surface area contributed by atoms with Crippen molar-refractivity contribution in [2.24, 2.45) is 0 Å². The molecule has 144 valence electrons. The Morgan fingerprint density at radius 3 is 1.85 bits per heavy atom. The first kappa shape index (κ1) is 20.8. The Labute approximate surface area is 163 Å². The van der Waals surface area contributed by atoms with Crippen LogP contribution in [0.1, 0.15) is 58.2 Å². The van der Waals surface area contributed by atoms with Gasteiger partial charge in [0.1, 0.15) is 11.5 Å². The van der Waals surface area contributed by atoms with Gasteiger partial charge in [0.15, 0.2) is 0 Å². The van der Waals surface area contributed by atoms with Crippen LogP contribution >= 0.6 is 0 Å². The first-order valence-corrected chi connectivity index (χ1v) is 9.20. The molecule has 0 saturated heterocycles. The molecule has 0 aromatic heterocycles. The minimum atomic E-state index is -0.389. The fraction of sp³-hybridized carbons (Fsp3) is 0.375. The number of ether oxygens (including phenoxy) is 2. The van der Waals surface area contributed by atoms with Crippen LogP contribution in [0.2, 0.25) is 0 Å². The zero-order valence-electron chi connectivity index (χ0n) is 17.4. The molecule has 0 bridgehead atoms. The zero-order valence-corrected chi connectivity index (χ0v) is 17.4. The van der Waals surface area contributed by atoms with E-state index in [9.17, 15) is 4.79 Å². The number of esters is 1. The van der Waals surface area contributed by atoms with Gasteiger partial charge in [0.05, 0.1) is 7.11 Å². The Morgan fingerprint density at radius 2 is 1.41 bits per heavy atom. The summed E-state index contributed by atoms with van der Waals surface area (Å²) in [6, 6.07) is 13.6. The quantitative estimate of drug-likeness (QED) is 0.383. The molecule has 0 atom stereocenters. The highest BCUT2D eigenvalue weighted by Gasteiger charge is 2.29. The van der Waals surface area contributed by atoms with Crippen LogP contribution < -0.4 is 9.47 Å². The minimum absolute atomic E-state index is 0.201. The fourth-order valence-corrected chi connectivity index (χ4v) is 2.81. The zero-order chi connectivity index (χ0) is 20.2. The number of methoxy groups -OCH3 is 1. The molecule has 0 fully saturated rings. The third-order valence-corrected chi connectivity index (χ3v) is 4.33. The normalized spacial score (nSPS) is 12.3. The van der Waals surface area contributed by atoms with Crippen molar-refractivity contribution >= 4 is 12.0 Å². The molecular weight excluding hydrogens is 336 g/mol. The van der Waals surface area contributed by atoms with Gasteiger partial charge in [0, 0.05) is 17.2 Å². The van der Waals surface area contributed by atoms with Gasteiger partial charge in [-0.25, -0.2) is 4.79 Å². The summed E-state index contributed by atoms with van der Waals surface area (Å²) < 4.78 is 11.4. The molecule has 3 heteroatoms. The van der Waals surface area contributed by atoms with E-state index in [0.717, 1.165) is 22.4 Å². The summed E-state index contributed by atoms with van der Waals surface area (Å²) in [6.45, 7) is 12.6. The Hall–Kier alpha value is -2.55. The molecule has 27 heavy (non-hydrogen) atoms. The molecule has 2 rings (SSSR count). The summed E-state index contributed by atoms with van der Waals surface area (Å²) in [5.74, 6) is 1.00. The third-order valence-electron chi connectivity index (χ3n) is 4.33. The Balaban J connectivity index is 2.47. The lowest BCUT2D eigenvalue weighted by molar-refractivity contribution is -0.129. The average molecular weight is 367 g/mol. The van der Waals surface area contributed by atoms with Crippen LogP contribution in [0.15, 0.2) is 48.5 Å². The van der Waals surface area contributed by atoms with E-state index in [4.69, 9.17) is 9.47 Å². The van der Waals surface area contributed by atoms with Gasteiger partial charge < -0.3 is 9.47 Å². The summed E-state index contributed by atoms with van der Waals surface area (Å²) in [4.78, 5) is 12.6. The Morgan fingerprint density at radius 1 is 0.889 bits per heavy atom. The van der Waals surface area contributed by atoms with Crippen LogP contribution in [-0.2, 0) is 15.6 Å². The van der Waals surface area contributed by atoms with Crippen molar-refractivity contribution in [1.29, 1.82) is 0 Å². The van der Waals surface area contributed by atoms with Gasteiger partial charge in [0.2, 0.25) is 0 Å². The number of hydrogen-bond donors (Lipinski definition) is 0. The van der Waals surface area contributed by atoms with Crippen molar-refractivity contribution in [3.63, 3.8) is 0 Å². The lowest BCUT2D eigenvalue weighted by atomic mass is 9.79. The maximum Gasteiger partial charge on any atom is 0.336 e.